The van der Waals surface area contributed by atoms with Crippen molar-refractivity contribution < 1.29 is 29.0 Å². The van der Waals surface area contributed by atoms with Crippen molar-refractivity contribution >= 4 is 23.8 Å². The number of aromatic carboxylic acids is 1. The van der Waals surface area contributed by atoms with Gasteiger partial charge in [-0.15, -0.1) is 0 Å². The number of esters is 1. The van der Waals surface area contributed by atoms with Gasteiger partial charge in [-0.2, -0.15) is 0 Å². The second-order valence-corrected chi connectivity index (χ2v) is 7.46. The lowest BCUT2D eigenvalue weighted by Crippen LogP contribution is -2.12. The lowest BCUT2D eigenvalue weighted by atomic mass is 9.98. The van der Waals surface area contributed by atoms with E-state index in [2.05, 4.69) is 6.58 Å². The second kappa shape index (κ2) is 11.4. The van der Waals surface area contributed by atoms with Crippen LogP contribution in [0, 0.1) is 0 Å². The van der Waals surface area contributed by atoms with Crippen molar-refractivity contribution in [1.29, 1.82) is 0 Å². The fourth-order valence-electron chi connectivity index (χ4n) is 3.09. The van der Waals surface area contributed by atoms with E-state index in [9.17, 15) is 19.5 Å². The maximum atomic E-state index is 12.3. The lowest BCUT2D eigenvalue weighted by molar-refractivity contribution is -0.139. The molecule has 0 heterocycles. The predicted octanol–water partition coefficient (Wildman–Crippen LogP) is 5.45. The van der Waals surface area contributed by atoms with Gasteiger partial charge in [-0.1, -0.05) is 67.3 Å². The Morgan fingerprint density at radius 3 is 2.24 bits per heavy atom. The average molecular weight is 456 g/mol. The quantitative estimate of drug-likeness (QED) is 0.189. The summed E-state index contributed by atoms with van der Waals surface area (Å²) >= 11 is 0. The summed E-state index contributed by atoms with van der Waals surface area (Å²) in [6, 6.07) is 20.9. The molecule has 3 aromatic rings. The Kier molecular flexibility index (Phi) is 8.13. The molecule has 1 N–H and O–H groups in total. The van der Waals surface area contributed by atoms with Crippen LogP contribution in [0.4, 0.5) is 0 Å². The van der Waals surface area contributed by atoms with Gasteiger partial charge in [0.2, 0.25) is 0 Å². The molecule has 0 spiro atoms. The monoisotopic (exact) mass is 456 g/mol. The summed E-state index contributed by atoms with van der Waals surface area (Å²) in [5, 5.41) is 9.68. The number of carbonyl (C=O) groups excluding carboxylic acids is 2. The summed E-state index contributed by atoms with van der Waals surface area (Å²) in [6.45, 7) is 5.39. The first-order valence-corrected chi connectivity index (χ1v) is 10.6. The second-order valence-electron chi connectivity index (χ2n) is 7.46. The van der Waals surface area contributed by atoms with Crippen molar-refractivity contribution in [3.63, 3.8) is 0 Å². The molecule has 0 atom stereocenters. The van der Waals surface area contributed by atoms with E-state index in [1.165, 1.54) is 12.2 Å². The number of benzene rings is 3. The number of hydrogen-bond acceptors (Lipinski definition) is 5. The number of allylic oxidation sites excluding steroid dienone is 1. The predicted molar refractivity (Wildman–Crippen MR) is 130 cm³/mol. The van der Waals surface area contributed by atoms with Crippen LogP contribution in [0.2, 0.25) is 0 Å². The number of ether oxygens (including phenoxy) is 2. The standard InChI is InChI=1S/C28H24O6/c1-19(2)28(32)34-17-16-33-24-13-10-20(11-14-24)23-9-8-21(25(18-23)27(30)31)12-15-26(29)22-6-4-3-5-7-22/h3-15,18H,1,16-17H2,2H3,(H,30,31). The largest absolute Gasteiger partial charge is 0.490 e. The highest BCUT2D eigenvalue weighted by Gasteiger charge is 2.11. The van der Waals surface area contributed by atoms with Crippen molar-refractivity contribution in [3.8, 4) is 16.9 Å². The first-order valence-electron chi connectivity index (χ1n) is 10.6. The molecule has 0 radical (unpaired) electrons. The van der Waals surface area contributed by atoms with Crippen molar-refractivity contribution in [2.75, 3.05) is 13.2 Å². The van der Waals surface area contributed by atoms with E-state index in [0.717, 1.165) is 5.56 Å². The zero-order chi connectivity index (χ0) is 24.5. The highest BCUT2D eigenvalue weighted by Crippen LogP contribution is 2.26. The van der Waals surface area contributed by atoms with Crippen molar-refractivity contribution in [2.45, 2.75) is 6.92 Å². The van der Waals surface area contributed by atoms with Crippen LogP contribution in [-0.2, 0) is 9.53 Å². The molecular weight excluding hydrogens is 432 g/mol. The molecule has 0 aromatic heterocycles. The molecule has 3 aromatic carbocycles. The minimum Gasteiger partial charge on any atom is -0.490 e. The maximum absolute atomic E-state index is 12.3. The summed E-state index contributed by atoms with van der Waals surface area (Å²) in [4.78, 5) is 35.5. The van der Waals surface area contributed by atoms with Crippen molar-refractivity contribution in [1.82, 2.24) is 0 Å². The summed E-state index contributed by atoms with van der Waals surface area (Å²) in [5.74, 6) is -1.16. The Bertz CT molecular complexity index is 1220. The highest BCUT2D eigenvalue weighted by molar-refractivity contribution is 6.07. The SMILES string of the molecule is C=C(C)C(=O)OCCOc1ccc(-c2ccc(C=CC(=O)c3ccccc3)c(C(=O)O)c2)cc1. The number of ketones is 1. The van der Waals surface area contributed by atoms with Crippen LogP contribution in [-0.4, -0.2) is 36.0 Å². The van der Waals surface area contributed by atoms with E-state index in [0.29, 0.717) is 28.0 Å². The molecule has 6 nitrogen and oxygen atoms in total. The molecule has 6 heteroatoms. The van der Waals surface area contributed by atoms with Gasteiger partial charge in [-0.3, -0.25) is 4.79 Å². The number of hydrogen-bond donors (Lipinski definition) is 1. The van der Waals surface area contributed by atoms with Crippen LogP contribution in [0.3, 0.4) is 0 Å². The lowest BCUT2D eigenvalue weighted by Gasteiger charge is -2.09. The third-order valence-corrected chi connectivity index (χ3v) is 4.88. The molecule has 0 amide bonds. The molecule has 0 saturated heterocycles. The van der Waals surface area contributed by atoms with E-state index >= 15 is 0 Å². The van der Waals surface area contributed by atoms with Crippen molar-refractivity contribution in [3.05, 3.63) is 108 Å². The highest BCUT2D eigenvalue weighted by atomic mass is 16.6. The van der Waals surface area contributed by atoms with Gasteiger partial charge in [-0.05, 0) is 47.9 Å². The number of rotatable bonds is 10. The van der Waals surface area contributed by atoms with Crippen LogP contribution in [0.1, 0.15) is 33.2 Å². The third kappa shape index (κ3) is 6.53. The molecule has 3 rings (SSSR count). The van der Waals surface area contributed by atoms with Gasteiger partial charge in [-0.25, -0.2) is 9.59 Å². The van der Waals surface area contributed by atoms with Crippen LogP contribution in [0.5, 0.6) is 5.75 Å². The third-order valence-electron chi connectivity index (χ3n) is 4.88. The van der Waals surface area contributed by atoms with Crippen LogP contribution >= 0.6 is 0 Å². The molecule has 0 aliphatic carbocycles. The Labute approximate surface area is 197 Å². The number of carbonyl (C=O) groups is 3. The van der Waals surface area contributed by atoms with Crippen LogP contribution in [0.25, 0.3) is 17.2 Å². The average Bonchev–Trinajstić information content (AvgIpc) is 2.85. The zero-order valence-corrected chi connectivity index (χ0v) is 18.7. The van der Waals surface area contributed by atoms with Gasteiger partial charge >= 0.3 is 11.9 Å². The Balaban J connectivity index is 1.69. The normalized spacial score (nSPS) is 10.6. The van der Waals surface area contributed by atoms with Gasteiger partial charge < -0.3 is 14.6 Å². The molecule has 0 unspecified atom stereocenters. The summed E-state index contributed by atoms with van der Waals surface area (Å²) < 4.78 is 10.5. The van der Waals surface area contributed by atoms with E-state index in [1.807, 2.05) is 18.2 Å². The first-order chi connectivity index (χ1) is 16.3. The van der Waals surface area contributed by atoms with E-state index in [1.54, 1.807) is 61.5 Å². The molecule has 0 saturated carbocycles. The molecule has 0 bridgehead atoms. The Morgan fingerprint density at radius 1 is 0.912 bits per heavy atom. The summed E-state index contributed by atoms with van der Waals surface area (Å²) in [7, 11) is 0. The van der Waals surface area contributed by atoms with Gasteiger partial charge in [0.25, 0.3) is 0 Å². The van der Waals surface area contributed by atoms with Crippen LogP contribution < -0.4 is 4.74 Å². The number of carboxylic acid groups (broad SMARTS) is 1. The molecule has 172 valence electrons. The van der Waals surface area contributed by atoms with Gasteiger partial charge in [0, 0.05) is 11.1 Å². The molecule has 0 aliphatic heterocycles. The van der Waals surface area contributed by atoms with Gasteiger partial charge in [0.15, 0.2) is 5.78 Å². The van der Waals surface area contributed by atoms with Gasteiger partial charge in [0.05, 0.1) is 5.56 Å². The minimum atomic E-state index is -1.09. The van der Waals surface area contributed by atoms with Crippen molar-refractivity contribution in [2.24, 2.45) is 0 Å². The van der Waals surface area contributed by atoms with Gasteiger partial charge in [0.1, 0.15) is 19.0 Å². The maximum Gasteiger partial charge on any atom is 0.336 e. The van der Waals surface area contributed by atoms with Crippen LogP contribution in [0.15, 0.2) is 91.0 Å². The first kappa shape index (κ1) is 24.2. The van der Waals surface area contributed by atoms with E-state index in [-0.39, 0.29) is 24.6 Å². The topological polar surface area (TPSA) is 89.9 Å². The Hall–Kier alpha value is -4.45. The summed E-state index contributed by atoms with van der Waals surface area (Å²) in [5.41, 5.74) is 2.90. The number of carboxylic acids is 1. The van der Waals surface area contributed by atoms with E-state index < -0.39 is 11.9 Å². The fraction of sp³-hybridized carbons (Fsp3) is 0.107. The molecule has 0 aliphatic rings. The summed E-state index contributed by atoms with van der Waals surface area (Å²) in [6.07, 6.45) is 2.89. The molecular formula is C28H24O6. The smallest absolute Gasteiger partial charge is 0.336 e. The molecule has 0 fully saturated rings. The zero-order valence-electron chi connectivity index (χ0n) is 18.7. The Morgan fingerprint density at radius 2 is 1.59 bits per heavy atom. The molecule has 34 heavy (non-hydrogen) atoms. The van der Waals surface area contributed by atoms with E-state index in [4.69, 9.17) is 9.47 Å². The fourth-order valence-corrected chi connectivity index (χ4v) is 3.09. The minimum absolute atomic E-state index is 0.0919.